The highest BCUT2D eigenvalue weighted by Crippen LogP contribution is 2.26. The minimum absolute atomic E-state index is 0.198. The van der Waals surface area contributed by atoms with Gasteiger partial charge in [0.05, 0.1) is 17.5 Å². The van der Waals surface area contributed by atoms with Crippen LogP contribution in [0, 0.1) is 12.8 Å². The number of ether oxygens (including phenoxy) is 1. The lowest BCUT2D eigenvalue weighted by Gasteiger charge is -2.32. The number of nitrogens with zero attached hydrogens (tertiary/aromatic N) is 1. The zero-order valence-electron chi connectivity index (χ0n) is 13.4. The lowest BCUT2D eigenvalue weighted by Crippen LogP contribution is -2.42. The number of amides is 1. The Kier molecular flexibility index (Phi) is 6.70. The molecule has 1 atom stereocenters. The molecule has 22 heavy (non-hydrogen) atoms. The summed E-state index contributed by atoms with van der Waals surface area (Å²) in [5.41, 5.74) is 1.18. The highest BCUT2D eigenvalue weighted by Gasteiger charge is 2.22. The van der Waals surface area contributed by atoms with Crippen molar-refractivity contribution in [3.8, 4) is 5.75 Å². The first-order valence-electron chi connectivity index (χ1n) is 7.91. The number of nitrogens with one attached hydrogen (secondary N) is 1. The maximum absolute atomic E-state index is 12.3. The average Bonchev–Trinajstić information content (AvgIpc) is 2.50. The Hall–Kier alpha value is -1.07. The molecule has 1 aromatic carbocycles. The van der Waals surface area contributed by atoms with E-state index in [0.717, 1.165) is 36.3 Å². The maximum atomic E-state index is 12.3. The van der Waals surface area contributed by atoms with Gasteiger partial charge in [-0.3, -0.25) is 4.79 Å². The minimum Gasteiger partial charge on any atom is -0.492 e. The Balaban J connectivity index is 1.77. The summed E-state index contributed by atoms with van der Waals surface area (Å²) in [5, 5.41) is 3.20. The van der Waals surface area contributed by atoms with Crippen LogP contribution < -0.4 is 10.1 Å². The normalized spacial score (nSPS) is 18.3. The van der Waals surface area contributed by atoms with Crippen molar-refractivity contribution in [1.29, 1.82) is 0 Å². The molecule has 1 aromatic rings. The van der Waals surface area contributed by atoms with Gasteiger partial charge in [-0.05, 0) is 72.9 Å². The minimum atomic E-state index is 0.198. The van der Waals surface area contributed by atoms with Crippen molar-refractivity contribution in [2.45, 2.75) is 26.2 Å². The van der Waals surface area contributed by atoms with Gasteiger partial charge in [-0.1, -0.05) is 6.07 Å². The summed E-state index contributed by atoms with van der Waals surface area (Å²) in [6.45, 7) is 5.20. The van der Waals surface area contributed by atoms with Crippen LogP contribution in [0.15, 0.2) is 22.7 Å². The predicted molar refractivity (Wildman–Crippen MR) is 92.2 cm³/mol. The molecule has 1 aliphatic rings. The second-order valence-corrected chi connectivity index (χ2v) is 6.79. The van der Waals surface area contributed by atoms with E-state index in [1.165, 1.54) is 12.0 Å². The molecule has 1 amide bonds. The summed E-state index contributed by atoms with van der Waals surface area (Å²) in [5.74, 6) is 1.57. The second-order valence-electron chi connectivity index (χ2n) is 5.94. The molecular formula is C17H25BrN2O2. The van der Waals surface area contributed by atoms with E-state index >= 15 is 0 Å². The van der Waals surface area contributed by atoms with Crippen LogP contribution in [0.4, 0.5) is 0 Å². The molecule has 5 heteroatoms. The molecule has 1 aliphatic heterocycles. The number of benzene rings is 1. The molecule has 0 radical (unpaired) electrons. The van der Waals surface area contributed by atoms with Crippen LogP contribution in [0.3, 0.4) is 0 Å². The van der Waals surface area contributed by atoms with Gasteiger partial charge in [-0.15, -0.1) is 0 Å². The molecule has 0 saturated carbocycles. The van der Waals surface area contributed by atoms with Gasteiger partial charge in [-0.2, -0.15) is 0 Å². The highest BCUT2D eigenvalue weighted by molar-refractivity contribution is 9.10. The van der Waals surface area contributed by atoms with Gasteiger partial charge in [0.15, 0.2) is 0 Å². The molecule has 0 aliphatic carbocycles. The van der Waals surface area contributed by atoms with Crippen molar-refractivity contribution >= 4 is 21.8 Å². The Bertz CT molecular complexity index is 505. The van der Waals surface area contributed by atoms with Gasteiger partial charge in [-0.25, -0.2) is 0 Å². The number of likely N-dealkylation sites (tertiary alicyclic amines) is 1. The van der Waals surface area contributed by atoms with Crippen LogP contribution in [0.5, 0.6) is 5.75 Å². The monoisotopic (exact) mass is 368 g/mol. The smallest absolute Gasteiger partial charge is 0.226 e. The lowest BCUT2D eigenvalue weighted by molar-refractivity contribution is -0.133. The quantitative estimate of drug-likeness (QED) is 0.838. The molecule has 0 spiro atoms. The summed E-state index contributed by atoms with van der Waals surface area (Å²) in [6, 6.07) is 5.97. The Labute approximate surface area is 141 Å². The third kappa shape index (κ3) is 4.99. The van der Waals surface area contributed by atoms with Gasteiger partial charge in [0.1, 0.15) is 5.75 Å². The topological polar surface area (TPSA) is 41.6 Å². The predicted octanol–water partition coefficient (Wildman–Crippen LogP) is 2.98. The number of aryl methyl sites for hydroxylation is 1. The van der Waals surface area contributed by atoms with Gasteiger partial charge >= 0.3 is 0 Å². The third-order valence-corrected chi connectivity index (χ3v) is 4.65. The van der Waals surface area contributed by atoms with Crippen LogP contribution in [0.1, 0.15) is 24.8 Å². The Morgan fingerprint density at radius 3 is 3.05 bits per heavy atom. The Morgan fingerprint density at radius 1 is 1.50 bits per heavy atom. The van der Waals surface area contributed by atoms with E-state index in [0.29, 0.717) is 18.9 Å². The van der Waals surface area contributed by atoms with E-state index in [1.807, 2.05) is 37.1 Å². The summed E-state index contributed by atoms with van der Waals surface area (Å²) in [4.78, 5) is 14.3. The number of carbonyl (C=O) groups excluding carboxylic acids is 1. The molecule has 4 nitrogen and oxygen atoms in total. The third-order valence-electron chi connectivity index (χ3n) is 4.03. The zero-order chi connectivity index (χ0) is 15.9. The first-order chi connectivity index (χ1) is 10.6. The molecule has 1 unspecified atom stereocenters. The standard InChI is InChI=1S/C17H25BrN2O2/c1-13-5-6-16(15(18)10-13)22-9-7-17(21)20-8-3-4-14(12-20)11-19-2/h5-6,10,14,19H,3-4,7-9,11-12H2,1-2H3. The number of hydrogen-bond acceptors (Lipinski definition) is 3. The average molecular weight is 369 g/mol. The Morgan fingerprint density at radius 2 is 2.32 bits per heavy atom. The molecule has 1 fully saturated rings. The largest absolute Gasteiger partial charge is 0.492 e. The highest BCUT2D eigenvalue weighted by atomic mass is 79.9. The SMILES string of the molecule is CNCC1CCCN(C(=O)CCOc2ccc(C)cc2Br)C1. The van der Waals surface area contributed by atoms with Crippen LogP contribution in [0.2, 0.25) is 0 Å². The maximum Gasteiger partial charge on any atom is 0.226 e. The number of rotatable bonds is 6. The fourth-order valence-corrected chi connectivity index (χ4v) is 3.48. The fourth-order valence-electron chi connectivity index (χ4n) is 2.88. The number of piperidine rings is 1. The first kappa shape index (κ1) is 17.3. The summed E-state index contributed by atoms with van der Waals surface area (Å²) < 4.78 is 6.66. The zero-order valence-corrected chi connectivity index (χ0v) is 15.0. The van der Waals surface area contributed by atoms with Crippen LogP contribution in [-0.2, 0) is 4.79 Å². The van der Waals surface area contributed by atoms with Crippen LogP contribution >= 0.6 is 15.9 Å². The molecular weight excluding hydrogens is 344 g/mol. The molecule has 1 heterocycles. The number of hydrogen-bond donors (Lipinski definition) is 1. The summed E-state index contributed by atoms with van der Waals surface area (Å²) >= 11 is 3.49. The van der Waals surface area contributed by atoms with Crippen LogP contribution in [-0.4, -0.2) is 44.1 Å². The van der Waals surface area contributed by atoms with E-state index in [9.17, 15) is 4.79 Å². The lowest BCUT2D eigenvalue weighted by atomic mass is 9.98. The van der Waals surface area contributed by atoms with E-state index in [2.05, 4.69) is 21.2 Å². The van der Waals surface area contributed by atoms with E-state index in [4.69, 9.17) is 4.74 Å². The van der Waals surface area contributed by atoms with E-state index in [-0.39, 0.29) is 5.91 Å². The number of carbonyl (C=O) groups is 1. The van der Waals surface area contributed by atoms with Crippen molar-refractivity contribution in [2.24, 2.45) is 5.92 Å². The van der Waals surface area contributed by atoms with Crippen molar-refractivity contribution in [1.82, 2.24) is 10.2 Å². The van der Waals surface area contributed by atoms with Crippen molar-refractivity contribution in [2.75, 3.05) is 33.3 Å². The molecule has 1 saturated heterocycles. The molecule has 0 aromatic heterocycles. The summed E-state index contributed by atoms with van der Waals surface area (Å²) in [7, 11) is 1.97. The first-order valence-corrected chi connectivity index (χ1v) is 8.70. The van der Waals surface area contributed by atoms with Gasteiger partial charge in [0, 0.05) is 13.1 Å². The molecule has 122 valence electrons. The van der Waals surface area contributed by atoms with Crippen molar-refractivity contribution in [3.05, 3.63) is 28.2 Å². The number of halogens is 1. The van der Waals surface area contributed by atoms with Crippen molar-refractivity contribution < 1.29 is 9.53 Å². The van der Waals surface area contributed by atoms with Gasteiger partial charge in [0.25, 0.3) is 0 Å². The van der Waals surface area contributed by atoms with Gasteiger partial charge in [0.2, 0.25) is 5.91 Å². The second kappa shape index (κ2) is 8.53. The van der Waals surface area contributed by atoms with Gasteiger partial charge < -0.3 is 15.0 Å². The molecule has 2 rings (SSSR count). The van der Waals surface area contributed by atoms with Crippen molar-refractivity contribution in [3.63, 3.8) is 0 Å². The van der Waals surface area contributed by atoms with E-state index < -0.39 is 0 Å². The fraction of sp³-hybridized carbons (Fsp3) is 0.588. The summed E-state index contributed by atoms with van der Waals surface area (Å²) in [6.07, 6.45) is 2.74. The van der Waals surface area contributed by atoms with Crippen LogP contribution in [0.25, 0.3) is 0 Å². The van der Waals surface area contributed by atoms with E-state index in [1.54, 1.807) is 0 Å². The molecule has 1 N–H and O–H groups in total. The molecule has 0 bridgehead atoms.